The van der Waals surface area contributed by atoms with E-state index in [2.05, 4.69) is 0 Å². The van der Waals surface area contributed by atoms with Crippen LogP contribution in [0.4, 0.5) is 0 Å². The van der Waals surface area contributed by atoms with Crippen LogP contribution < -0.4 is 0 Å². The summed E-state index contributed by atoms with van der Waals surface area (Å²) < 4.78 is 29.6. The summed E-state index contributed by atoms with van der Waals surface area (Å²) in [6, 6.07) is 24.3. The molecule has 0 saturated carbocycles. The maximum Gasteiger partial charge on any atom is 0.320 e. The van der Waals surface area contributed by atoms with Gasteiger partial charge in [0.15, 0.2) is 0 Å². The Morgan fingerprint density at radius 2 is 1.26 bits per heavy atom. The summed E-state index contributed by atoms with van der Waals surface area (Å²) in [5.74, 6) is -1.98. The maximum atomic E-state index is 11.7. The van der Waals surface area contributed by atoms with Gasteiger partial charge in [0, 0.05) is 19.5 Å². The van der Waals surface area contributed by atoms with Crippen LogP contribution in [0.25, 0.3) is 0 Å². The SMILES string of the molecule is Cc1ccc(S(=O)(=O)O)cc1.O=C(O)CC[C@@H](C(=O)O)N(Cc1ccccc1)Cc1ccccc1. The third kappa shape index (κ3) is 10.1. The second-order valence-corrected chi connectivity index (χ2v) is 9.37. The number of rotatable bonds is 10. The van der Waals surface area contributed by atoms with Gasteiger partial charge in [-0.25, -0.2) is 0 Å². The Balaban J connectivity index is 0.000000328. The Morgan fingerprint density at radius 3 is 1.63 bits per heavy atom. The van der Waals surface area contributed by atoms with Crippen LogP contribution in [0.5, 0.6) is 0 Å². The standard InChI is InChI=1S/C19H21NO4.C7H8O3S/c21-18(22)12-11-17(19(23)24)20(13-15-7-3-1-4-8-15)14-16-9-5-2-6-10-16;1-6-2-4-7(5-3-6)11(8,9)10/h1-10,17H,11-14H2,(H,21,22)(H,23,24);2-5H,1H3,(H,8,9,10)/t17-;/m0./s1. The number of benzene rings is 3. The minimum Gasteiger partial charge on any atom is -0.481 e. The van der Waals surface area contributed by atoms with Gasteiger partial charge in [0.05, 0.1) is 4.90 Å². The first kappa shape index (κ1) is 27.7. The fourth-order valence-corrected chi connectivity index (χ4v) is 3.82. The number of carboxylic acids is 2. The summed E-state index contributed by atoms with van der Waals surface area (Å²) in [4.78, 5) is 24.3. The van der Waals surface area contributed by atoms with Crippen molar-refractivity contribution in [2.75, 3.05) is 0 Å². The number of hydrogen-bond donors (Lipinski definition) is 3. The zero-order chi connectivity index (χ0) is 25.8. The van der Waals surface area contributed by atoms with Gasteiger partial charge in [-0.05, 0) is 36.6 Å². The molecule has 0 spiro atoms. The summed E-state index contributed by atoms with van der Waals surface area (Å²) in [6.45, 7) is 2.74. The highest BCUT2D eigenvalue weighted by molar-refractivity contribution is 7.85. The minimum atomic E-state index is -4.02. The molecule has 8 nitrogen and oxygen atoms in total. The Morgan fingerprint density at radius 1 is 0.800 bits per heavy atom. The van der Waals surface area contributed by atoms with Gasteiger partial charge in [0.25, 0.3) is 10.1 Å². The molecule has 3 aromatic rings. The molecular weight excluding hydrogens is 470 g/mol. The lowest BCUT2D eigenvalue weighted by Crippen LogP contribution is -2.40. The van der Waals surface area contributed by atoms with E-state index in [9.17, 15) is 23.1 Å². The lowest BCUT2D eigenvalue weighted by Gasteiger charge is -2.29. The van der Waals surface area contributed by atoms with E-state index in [1.54, 1.807) is 12.1 Å². The number of aryl methyl sites for hydroxylation is 1. The van der Waals surface area contributed by atoms with Crippen molar-refractivity contribution < 1.29 is 32.8 Å². The number of carbonyl (C=O) groups is 2. The van der Waals surface area contributed by atoms with Crippen molar-refractivity contribution in [3.63, 3.8) is 0 Å². The smallest absolute Gasteiger partial charge is 0.320 e. The number of hydrogen-bond acceptors (Lipinski definition) is 5. The van der Waals surface area contributed by atoms with Crippen LogP contribution in [0.2, 0.25) is 0 Å². The van der Waals surface area contributed by atoms with Gasteiger partial charge in [0.2, 0.25) is 0 Å². The van der Waals surface area contributed by atoms with Crippen molar-refractivity contribution in [2.45, 2.75) is 43.8 Å². The first-order chi connectivity index (χ1) is 16.6. The van der Waals surface area contributed by atoms with Crippen LogP contribution in [-0.2, 0) is 32.8 Å². The van der Waals surface area contributed by atoms with Crippen molar-refractivity contribution >= 4 is 22.1 Å². The molecule has 0 unspecified atom stereocenters. The van der Waals surface area contributed by atoms with E-state index >= 15 is 0 Å². The molecule has 0 aliphatic heterocycles. The van der Waals surface area contributed by atoms with Crippen LogP contribution in [0.1, 0.15) is 29.5 Å². The Bertz CT molecular complexity index is 1140. The third-order valence-electron chi connectivity index (χ3n) is 5.13. The van der Waals surface area contributed by atoms with E-state index in [-0.39, 0.29) is 17.7 Å². The molecule has 0 heterocycles. The van der Waals surface area contributed by atoms with Gasteiger partial charge < -0.3 is 10.2 Å². The molecule has 0 amide bonds. The van der Waals surface area contributed by atoms with E-state index in [1.807, 2.05) is 72.5 Å². The fourth-order valence-electron chi connectivity index (χ4n) is 3.34. The highest BCUT2D eigenvalue weighted by Gasteiger charge is 2.26. The van der Waals surface area contributed by atoms with Crippen LogP contribution >= 0.6 is 0 Å². The lowest BCUT2D eigenvalue weighted by molar-refractivity contribution is -0.145. The molecule has 3 aromatic carbocycles. The summed E-state index contributed by atoms with van der Waals surface area (Å²) >= 11 is 0. The van der Waals surface area contributed by atoms with Gasteiger partial charge in [-0.3, -0.25) is 19.0 Å². The minimum absolute atomic E-state index is 0.0666. The molecule has 0 fully saturated rings. The highest BCUT2D eigenvalue weighted by Crippen LogP contribution is 2.17. The summed E-state index contributed by atoms with van der Waals surface area (Å²) in [7, 11) is -4.02. The van der Waals surface area contributed by atoms with Gasteiger partial charge in [-0.1, -0.05) is 78.4 Å². The molecule has 3 rings (SSSR count). The maximum absolute atomic E-state index is 11.7. The van der Waals surface area contributed by atoms with Gasteiger partial charge in [-0.2, -0.15) is 8.42 Å². The number of aliphatic carboxylic acids is 2. The van der Waals surface area contributed by atoms with Crippen LogP contribution in [-0.4, -0.2) is 46.1 Å². The first-order valence-electron chi connectivity index (χ1n) is 10.9. The molecule has 1 atom stereocenters. The largest absolute Gasteiger partial charge is 0.481 e. The van der Waals surface area contributed by atoms with E-state index < -0.39 is 28.1 Å². The molecular formula is C26H29NO7S. The molecule has 0 radical (unpaired) electrons. The average molecular weight is 500 g/mol. The van der Waals surface area contributed by atoms with Gasteiger partial charge in [-0.15, -0.1) is 0 Å². The van der Waals surface area contributed by atoms with E-state index in [0.717, 1.165) is 16.7 Å². The van der Waals surface area contributed by atoms with Crippen molar-refractivity contribution in [3.8, 4) is 0 Å². The monoisotopic (exact) mass is 499 g/mol. The number of nitrogens with zero attached hydrogens (tertiary/aromatic N) is 1. The molecule has 0 aromatic heterocycles. The van der Waals surface area contributed by atoms with E-state index in [4.69, 9.17) is 9.66 Å². The molecule has 0 saturated heterocycles. The molecule has 3 N–H and O–H groups in total. The second kappa shape index (κ2) is 13.4. The number of carboxylic acid groups (broad SMARTS) is 2. The third-order valence-corrected chi connectivity index (χ3v) is 6.00. The second-order valence-electron chi connectivity index (χ2n) is 7.95. The van der Waals surface area contributed by atoms with Crippen LogP contribution in [0.15, 0.2) is 89.8 Å². The van der Waals surface area contributed by atoms with Crippen molar-refractivity contribution in [3.05, 3.63) is 102 Å². The molecule has 35 heavy (non-hydrogen) atoms. The summed E-state index contributed by atoms with van der Waals surface area (Å²) in [5, 5.41) is 18.5. The molecule has 186 valence electrons. The van der Waals surface area contributed by atoms with Crippen molar-refractivity contribution in [1.29, 1.82) is 0 Å². The molecule has 0 bridgehead atoms. The first-order valence-corrected chi connectivity index (χ1v) is 12.3. The normalized spacial score (nSPS) is 11.9. The van der Waals surface area contributed by atoms with E-state index in [1.165, 1.54) is 12.1 Å². The molecule has 9 heteroatoms. The zero-order valence-corrected chi connectivity index (χ0v) is 20.1. The van der Waals surface area contributed by atoms with Crippen LogP contribution in [0, 0.1) is 6.92 Å². The zero-order valence-electron chi connectivity index (χ0n) is 19.3. The average Bonchev–Trinajstić information content (AvgIpc) is 2.80. The Kier molecular flexibility index (Phi) is 10.6. The fraction of sp³-hybridized carbons (Fsp3) is 0.231. The van der Waals surface area contributed by atoms with Gasteiger partial charge in [0.1, 0.15) is 6.04 Å². The Hall–Kier alpha value is -3.53. The topological polar surface area (TPSA) is 132 Å². The molecule has 0 aliphatic rings. The Labute approximate surface area is 205 Å². The van der Waals surface area contributed by atoms with Crippen LogP contribution in [0.3, 0.4) is 0 Å². The van der Waals surface area contributed by atoms with Crippen molar-refractivity contribution in [1.82, 2.24) is 4.90 Å². The van der Waals surface area contributed by atoms with E-state index in [0.29, 0.717) is 13.1 Å². The summed E-state index contributed by atoms with van der Waals surface area (Å²) in [5.41, 5.74) is 2.95. The van der Waals surface area contributed by atoms with Crippen molar-refractivity contribution in [2.24, 2.45) is 0 Å². The molecule has 0 aliphatic carbocycles. The highest BCUT2D eigenvalue weighted by atomic mass is 32.2. The summed E-state index contributed by atoms with van der Waals surface area (Å²) in [6.07, 6.45) is -0.0959. The van der Waals surface area contributed by atoms with Gasteiger partial charge >= 0.3 is 11.9 Å². The lowest BCUT2D eigenvalue weighted by atomic mass is 10.1. The quantitative estimate of drug-likeness (QED) is 0.353. The predicted molar refractivity (Wildman–Crippen MR) is 131 cm³/mol. The predicted octanol–water partition coefficient (Wildman–Crippen LogP) is 4.25.